The highest BCUT2D eigenvalue weighted by molar-refractivity contribution is 5.95. The van der Waals surface area contributed by atoms with Gasteiger partial charge in [-0.05, 0) is 41.0 Å². The van der Waals surface area contributed by atoms with E-state index in [1.807, 2.05) is 12.1 Å². The monoisotopic (exact) mass is 490 g/mol. The molecule has 4 rings (SSSR count). The van der Waals surface area contributed by atoms with E-state index in [0.717, 1.165) is 11.1 Å². The van der Waals surface area contributed by atoms with Crippen LogP contribution in [0, 0.1) is 11.6 Å². The quantitative estimate of drug-likeness (QED) is 0.347. The SMILES string of the molecule is CN(Cc1ccc(F)cc1)C(=O)c1nc(-c2ccc(CNCc3ccc(F)cc3)cc2)[nH]c(=O)c1O. The van der Waals surface area contributed by atoms with E-state index in [1.165, 1.54) is 36.2 Å². The molecule has 1 heterocycles. The molecule has 0 saturated carbocycles. The molecule has 0 unspecified atom stereocenters. The number of aromatic amines is 1. The second-order valence-corrected chi connectivity index (χ2v) is 8.33. The van der Waals surface area contributed by atoms with Crippen LogP contribution < -0.4 is 10.9 Å². The largest absolute Gasteiger partial charge is 0.501 e. The molecule has 0 atom stereocenters. The molecule has 184 valence electrons. The number of nitrogens with one attached hydrogen (secondary N) is 2. The molecule has 0 aliphatic rings. The molecule has 7 nitrogen and oxygen atoms in total. The molecule has 0 bridgehead atoms. The summed E-state index contributed by atoms with van der Waals surface area (Å²) in [5.41, 5.74) is 1.97. The van der Waals surface area contributed by atoms with Gasteiger partial charge < -0.3 is 20.3 Å². The van der Waals surface area contributed by atoms with Crippen molar-refractivity contribution in [1.82, 2.24) is 20.2 Å². The van der Waals surface area contributed by atoms with Crippen LogP contribution in [0.25, 0.3) is 11.4 Å². The number of rotatable bonds is 8. The Morgan fingerprint density at radius 1 is 0.889 bits per heavy atom. The minimum atomic E-state index is -0.830. The van der Waals surface area contributed by atoms with Crippen LogP contribution in [0.2, 0.25) is 0 Å². The zero-order valence-corrected chi connectivity index (χ0v) is 19.5. The Balaban J connectivity index is 1.45. The molecular weight excluding hydrogens is 466 g/mol. The fourth-order valence-corrected chi connectivity index (χ4v) is 3.60. The van der Waals surface area contributed by atoms with E-state index < -0.39 is 17.2 Å². The molecule has 0 aliphatic heterocycles. The summed E-state index contributed by atoms with van der Waals surface area (Å²) in [5.74, 6) is -1.94. The summed E-state index contributed by atoms with van der Waals surface area (Å²) in [6.45, 7) is 1.28. The van der Waals surface area contributed by atoms with Crippen molar-refractivity contribution in [2.75, 3.05) is 7.05 Å². The van der Waals surface area contributed by atoms with Crippen molar-refractivity contribution in [3.8, 4) is 17.1 Å². The molecule has 0 aliphatic carbocycles. The third-order valence-corrected chi connectivity index (χ3v) is 5.58. The second kappa shape index (κ2) is 10.9. The molecule has 3 aromatic carbocycles. The smallest absolute Gasteiger partial charge is 0.294 e. The number of aromatic hydroxyl groups is 1. The number of hydrogen-bond acceptors (Lipinski definition) is 5. The van der Waals surface area contributed by atoms with Crippen molar-refractivity contribution in [3.63, 3.8) is 0 Å². The van der Waals surface area contributed by atoms with E-state index >= 15 is 0 Å². The highest BCUT2D eigenvalue weighted by Gasteiger charge is 2.22. The molecule has 36 heavy (non-hydrogen) atoms. The summed E-state index contributed by atoms with van der Waals surface area (Å²) in [6.07, 6.45) is 0. The van der Waals surface area contributed by atoms with Crippen molar-refractivity contribution in [1.29, 1.82) is 0 Å². The fraction of sp³-hybridized carbons (Fsp3) is 0.148. The lowest BCUT2D eigenvalue weighted by molar-refractivity contribution is 0.0775. The first-order chi connectivity index (χ1) is 17.3. The zero-order chi connectivity index (χ0) is 25.7. The van der Waals surface area contributed by atoms with Gasteiger partial charge in [0.2, 0.25) is 5.75 Å². The summed E-state index contributed by atoms with van der Waals surface area (Å²) in [7, 11) is 1.50. The molecule has 9 heteroatoms. The number of H-pyrrole nitrogens is 1. The number of carbonyl (C=O) groups excluding carboxylic acids is 1. The van der Waals surface area contributed by atoms with E-state index in [4.69, 9.17) is 0 Å². The number of carbonyl (C=O) groups is 1. The number of amides is 1. The maximum atomic E-state index is 13.1. The van der Waals surface area contributed by atoms with Crippen molar-refractivity contribution in [2.24, 2.45) is 0 Å². The van der Waals surface area contributed by atoms with Crippen LogP contribution in [0.4, 0.5) is 8.78 Å². The Morgan fingerprint density at radius 3 is 1.94 bits per heavy atom. The van der Waals surface area contributed by atoms with Crippen molar-refractivity contribution in [2.45, 2.75) is 19.6 Å². The summed E-state index contributed by atoms with van der Waals surface area (Å²) in [4.78, 5) is 33.3. The summed E-state index contributed by atoms with van der Waals surface area (Å²) in [5, 5.41) is 13.5. The van der Waals surface area contributed by atoms with Crippen molar-refractivity contribution < 1.29 is 18.7 Å². The third kappa shape index (κ3) is 6.00. The normalized spacial score (nSPS) is 10.9. The van der Waals surface area contributed by atoms with Crippen LogP contribution in [0.15, 0.2) is 77.6 Å². The van der Waals surface area contributed by atoms with E-state index in [-0.39, 0.29) is 29.7 Å². The van der Waals surface area contributed by atoms with Gasteiger partial charge >= 0.3 is 0 Å². The molecule has 4 aromatic rings. The van der Waals surface area contributed by atoms with Crippen LogP contribution in [0.3, 0.4) is 0 Å². The van der Waals surface area contributed by atoms with Gasteiger partial charge in [0.25, 0.3) is 11.5 Å². The first-order valence-electron chi connectivity index (χ1n) is 11.2. The van der Waals surface area contributed by atoms with Crippen LogP contribution in [-0.2, 0) is 19.6 Å². The molecule has 1 amide bonds. The zero-order valence-electron chi connectivity index (χ0n) is 19.5. The number of aromatic nitrogens is 2. The number of nitrogens with zero attached hydrogens (tertiary/aromatic N) is 2. The van der Waals surface area contributed by atoms with Crippen molar-refractivity contribution >= 4 is 5.91 Å². The highest BCUT2D eigenvalue weighted by Crippen LogP contribution is 2.19. The second-order valence-electron chi connectivity index (χ2n) is 8.33. The maximum Gasteiger partial charge on any atom is 0.294 e. The maximum absolute atomic E-state index is 13.1. The van der Waals surface area contributed by atoms with Gasteiger partial charge in [-0.2, -0.15) is 0 Å². The first kappa shape index (κ1) is 24.7. The highest BCUT2D eigenvalue weighted by atomic mass is 19.1. The fourth-order valence-electron chi connectivity index (χ4n) is 3.60. The van der Waals surface area contributed by atoms with Crippen LogP contribution in [0.1, 0.15) is 27.2 Å². The predicted molar refractivity (Wildman–Crippen MR) is 131 cm³/mol. The van der Waals surface area contributed by atoms with Gasteiger partial charge in [-0.1, -0.05) is 48.5 Å². The molecule has 0 radical (unpaired) electrons. The third-order valence-electron chi connectivity index (χ3n) is 5.58. The average Bonchev–Trinajstić information content (AvgIpc) is 2.88. The molecular formula is C27H24F2N4O3. The van der Waals surface area contributed by atoms with Crippen LogP contribution in [-0.4, -0.2) is 32.9 Å². The van der Waals surface area contributed by atoms with Gasteiger partial charge in [-0.3, -0.25) is 9.59 Å². The Bertz CT molecular complexity index is 1400. The standard InChI is InChI=1S/C27H24F2N4O3/c1-33(16-19-6-12-22(29)13-7-19)27(36)23-24(34)26(35)32-25(31-23)20-8-2-17(3-9-20)14-30-15-18-4-10-21(28)11-5-18/h2-13,30,34H,14-16H2,1H3,(H,31,32,35). The first-order valence-corrected chi connectivity index (χ1v) is 11.2. The molecule has 1 aromatic heterocycles. The topological polar surface area (TPSA) is 98.3 Å². The Morgan fingerprint density at radius 2 is 1.39 bits per heavy atom. The Kier molecular flexibility index (Phi) is 7.50. The molecule has 0 spiro atoms. The van der Waals surface area contributed by atoms with Gasteiger partial charge in [0.05, 0.1) is 0 Å². The van der Waals surface area contributed by atoms with Crippen LogP contribution >= 0.6 is 0 Å². The van der Waals surface area contributed by atoms with Gasteiger partial charge in [0.1, 0.15) is 17.5 Å². The van der Waals surface area contributed by atoms with Gasteiger partial charge in [-0.15, -0.1) is 0 Å². The Hall–Kier alpha value is -4.37. The van der Waals surface area contributed by atoms with E-state index in [2.05, 4.69) is 15.3 Å². The lowest BCUT2D eigenvalue weighted by atomic mass is 10.1. The molecule has 3 N–H and O–H groups in total. The summed E-state index contributed by atoms with van der Waals surface area (Å²) >= 11 is 0. The molecule has 0 fully saturated rings. The number of halogens is 2. The summed E-state index contributed by atoms with van der Waals surface area (Å²) < 4.78 is 26.2. The van der Waals surface area contributed by atoms with Gasteiger partial charge in [0, 0.05) is 32.2 Å². The number of benzene rings is 3. The Labute approximate surface area is 206 Å². The number of hydrogen-bond donors (Lipinski definition) is 3. The minimum absolute atomic E-state index is 0.141. The van der Waals surface area contributed by atoms with Gasteiger partial charge in [0.15, 0.2) is 5.69 Å². The van der Waals surface area contributed by atoms with E-state index in [1.54, 1.807) is 36.4 Å². The lowest BCUT2D eigenvalue weighted by Crippen LogP contribution is -2.29. The summed E-state index contributed by atoms with van der Waals surface area (Å²) in [6, 6.07) is 19.1. The van der Waals surface area contributed by atoms with Gasteiger partial charge in [-0.25, -0.2) is 13.8 Å². The van der Waals surface area contributed by atoms with Crippen LogP contribution in [0.5, 0.6) is 5.75 Å². The average molecular weight is 491 g/mol. The van der Waals surface area contributed by atoms with E-state index in [9.17, 15) is 23.5 Å². The molecule has 0 saturated heterocycles. The van der Waals surface area contributed by atoms with Crippen molar-refractivity contribution in [3.05, 3.63) is 117 Å². The minimum Gasteiger partial charge on any atom is -0.501 e. The lowest BCUT2D eigenvalue weighted by Gasteiger charge is -2.17. The predicted octanol–water partition coefficient (Wildman–Crippen LogP) is 3.98. The van der Waals surface area contributed by atoms with E-state index in [0.29, 0.717) is 24.2 Å².